The van der Waals surface area contributed by atoms with Gasteiger partial charge in [0.25, 0.3) is 5.91 Å². The molecule has 1 aromatic carbocycles. The van der Waals surface area contributed by atoms with Crippen molar-refractivity contribution < 1.29 is 9.53 Å². The number of aromatic nitrogens is 2. The van der Waals surface area contributed by atoms with Crippen molar-refractivity contribution in [3.63, 3.8) is 0 Å². The predicted octanol–water partition coefficient (Wildman–Crippen LogP) is 3.84. The fourth-order valence-corrected chi connectivity index (χ4v) is 3.32. The van der Waals surface area contributed by atoms with Crippen molar-refractivity contribution in [2.45, 2.75) is 45.3 Å². The first kappa shape index (κ1) is 16.8. The Kier molecular flexibility index (Phi) is 4.54. The third-order valence-electron chi connectivity index (χ3n) is 4.27. The molecular weight excluding hydrogens is 326 g/mol. The Morgan fingerprint density at radius 3 is 2.83 bits per heavy atom. The summed E-state index contributed by atoms with van der Waals surface area (Å²) in [6, 6.07) is 7.70. The normalized spacial score (nSPS) is 19.8. The van der Waals surface area contributed by atoms with E-state index in [0.29, 0.717) is 16.4 Å². The summed E-state index contributed by atoms with van der Waals surface area (Å²) in [5.41, 5.74) is 2.18. The Morgan fingerprint density at radius 1 is 1.42 bits per heavy atom. The number of hydrogen-bond acceptors (Lipinski definition) is 3. The van der Waals surface area contributed by atoms with Crippen LogP contribution >= 0.6 is 11.6 Å². The minimum atomic E-state index is -0.189. The maximum absolute atomic E-state index is 12.9. The number of nitrogens with zero attached hydrogens (tertiary/aromatic N) is 2. The molecule has 1 aliphatic heterocycles. The number of nitrogens with one attached hydrogen (secondary N) is 1. The van der Waals surface area contributed by atoms with Crippen molar-refractivity contribution in [1.82, 2.24) is 15.1 Å². The number of halogens is 1. The highest BCUT2D eigenvalue weighted by molar-refractivity contribution is 6.33. The van der Waals surface area contributed by atoms with Gasteiger partial charge in [0.2, 0.25) is 0 Å². The van der Waals surface area contributed by atoms with Crippen molar-refractivity contribution in [3.8, 4) is 5.75 Å². The number of aryl methyl sites for hydroxylation is 1. The van der Waals surface area contributed by atoms with E-state index in [-0.39, 0.29) is 24.0 Å². The Bertz CT molecular complexity index is 770. The van der Waals surface area contributed by atoms with Crippen LogP contribution in [-0.2, 0) is 7.05 Å². The molecule has 2 heterocycles. The van der Waals surface area contributed by atoms with Crippen LogP contribution in [0.4, 0.5) is 0 Å². The average molecular weight is 348 g/mol. The van der Waals surface area contributed by atoms with Gasteiger partial charge in [-0.1, -0.05) is 43.6 Å². The third-order valence-corrected chi connectivity index (χ3v) is 4.71. The van der Waals surface area contributed by atoms with Crippen molar-refractivity contribution >= 4 is 17.5 Å². The number of para-hydroxylation sites is 1. The average Bonchev–Trinajstić information content (AvgIpc) is 2.83. The highest BCUT2D eigenvalue weighted by atomic mass is 35.5. The molecule has 1 N–H and O–H groups in total. The van der Waals surface area contributed by atoms with Gasteiger partial charge in [-0.3, -0.25) is 9.48 Å². The number of amides is 1. The zero-order valence-electron chi connectivity index (χ0n) is 14.3. The molecule has 0 saturated carbocycles. The van der Waals surface area contributed by atoms with Gasteiger partial charge in [-0.15, -0.1) is 0 Å². The van der Waals surface area contributed by atoms with Crippen LogP contribution in [-0.4, -0.2) is 21.8 Å². The lowest BCUT2D eigenvalue weighted by atomic mass is 9.96. The lowest BCUT2D eigenvalue weighted by molar-refractivity contribution is 0.0905. The lowest BCUT2D eigenvalue weighted by Gasteiger charge is -2.31. The number of carbonyl (C=O) groups is 1. The quantitative estimate of drug-likeness (QED) is 0.917. The summed E-state index contributed by atoms with van der Waals surface area (Å²) >= 11 is 6.31. The highest BCUT2D eigenvalue weighted by Gasteiger charge is 2.30. The zero-order chi connectivity index (χ0) is 17.4. The number of carbonyl (C=O) groups excluding carboxylic acids is 1. The number of benzene rings is 1. The molecule has 24 heavy (non-hydrogen) atoms. The summed E-state index contributed by atoms with van der Waals surface area (Å²) in [5.74, 6) is 0.749. The van der Waals surface area contributed by atoms with E-state index in [9.17, 15) is 4.79 Å². The summed E-state index contributed by atoms with van der Waals surface area (Å²) < 4.78 is 7.39. The molecule has 6 heteroatoms. The smallest absolute Gasteiger partial charge is 0.256 e. The topological polar surface area (TPSA) is 56.2 Å². The van der Waals surface area contributed by atoms with E-state index in [1.54, 1.807) is 11.7 Å². The van der Waals surface area contributed by atoms with Gasteiger partial charge in [-0.25, -0.2) is 0 Å². The number of hydrogen-bond donors (Lipinski definition) is 1. The maximum Gasteiger partial charge on any atom is 0.256 e. The number of ether oxygens (including phenoxy) is 1. The first-order valence-corrected chi connectivity index (χ1v) is 8.55. The van der Waals surface area contributed by atoms with Gasteiger partial charge in [-0.2, -0.15) is 5.10 Å². The first-order valence-electron chi connectivity index (χ1n) is 8.17. The van der Waals surface area contributed by atoms with Gasteiger partial charge in [-0.05, 0) is 18.9 Å². The van der Waals surface area contributed by atoms with E-state index in [4.69, 9.17) is 16.3 Å². The van der Waals surface area contributed by atoms with Crippen molar-refractivity contribution in [2.75, 3.05) is 0 Å². The minimum absolute atomic E-state index is 0.0409. The van der Waals surface area contributed by atoms with Gasteiger partial charge >= 0.3 is 0 Å². The largest absolute Gasteiger partial charge is 0.490 e. The second-order valence-corrected chi connectivity index (χ2v) is 6.92. The van der Waals surface area contributed by atoms with Crippen LogP contribution in [0.2, 0.25) is 5.15 Å². The second kappa shape index (κ2) is 6.48. The van der Waals surface area contributed by atoms with E-state index in [1.165, 1.54) is 0 Å². The zero-order valence-corrected chi connectivity index (χ0v) is 15.1. The van der Waals surface area contributed by atoms with E-state index < -0.39 is 0 Å². The van der Waals surface area contributed by atoms with Crippen LogP contribution in [0.15, 0.2) is 24.3 Å². The molecule has 0 saturated heterocycles. The number of fused-ring (bicyclic) bond motifs is 1. The third kappa shape index (κ3) is 3.00. The molecule has 2 atom stereocenters. The molecule has 2 aromatic rings. The fourth-order valence-electron chi connectivity index (χ4n) is 3.10. The van der Waals surface area contributed by atoms with Crippen molar-refractivity contribution in [3.05, 3.63) is 46.2 Å². The Hall–Kier alpha value is -2.01. The van der Waals surface area contributed by atoms with Gasteiger partial charge in [0.15, 0.2) is 0 Å². The second-order valence-electron chi connectivity index (χ2n) is 6.56. The predicted molar refractivity (Wildman–Crippen MR) is 93.7 cm³/mol. The van der Waals surface area contributed by atoms with Crippen LogP contribution < -0.4 is 10.1 Å². The molecule has 0 bridgehead atoms. The van der Waals surface area contributed by atoms with Gasteiger partial charge in [0.1, 0.15) is 10.9 Å². The number of rotatable bonds is 3. The summed E-state index contributed by atoms with van der Waals surface area (Å²) in [4.78, 5) is 12.9. The Morgan fingerprint density at radius 2 is 2.12 bits per heavy atom. The molecule has 0 fully saturated rings. The molecular formula is C18H22ClN3O2. The first-order chi connectivity index (χ1) is 11.4. The van der Waals surface area contributed by atoms with Crippen LogP contribution in [0.3, 0.4) is 0 Å². The molecule has 0 spiro atoms. The lowest BCUT2D eigenvalue weighted by Crippen LogP contribution is -2.35. The Labute approximate surface area is 147 Å². The van der Waals surface area contributed by atoms with Gasteiger partial charge in [0, 0.05) is 19.0 Å². The molecule has 5 nitrogen and oxygen atoms in total. The van der Waals surface area contributed by atoms with Crippen LogP contribution in [0.5, 0.6) is 5.75 Å². The standard InChI is InChI=1S/C18H22ClN3O2/c1-10(2)16-15(17(19)22(4)21-16)18(23)20-13-9-11(3)24-14-8-6-5-7-12(13)14/h5-8,10-11,13H,9H2,1-4H3,(H,20,23)/t11-,13-/m1/s1. The van der Waals surface area contributed by atoms with Gasteiger partial charge in [0.05, 0.1) is 23.4 Å². The fraction of sp³-hybridized carbons (Fsp3) is 0.444. The molecule has 1 aromatic heterocycles. The SMILES string of the molecule is CC(C)c1nn(C)c(Cl)c1C(=O)N[C@@H]1C[C@@H](C)Oc2ccccc21. The monoisotopic (exact) mass is 347 g/mol. The summed E-state index contributed by atoms with van der Waals surface area (Å²) in [6.07, 6.45) is 0.761. The summed E-state index contributed by atoms with van der Waals surface area (Å²) in [5, 5.41) is 7.86. The molecule has 0 unspecified atom stereocenters. The van der Waals surface area contributed by atoms with Crippen LogP contribution in [0.25, 0.3) is 0 Å². The van der Waals surface area contributed by atoms with E-state index in [0.717, 1.165) is 17.7 Å². The Balaban J connectivity index is 1.91. The molecule has 0 radical (unpaired) electrons. The summed E-state index contributed by atoms with van der Waals surface area (Å²) in [7, 11) is 1.75. The summed E-state index contributed by atoms with van der Waals surface area (Å²) in [6.45, 7) is 6.01. The highest BCUT2D eigenvalue weighted by Crippen LogP contribution is 2.35. The molecule has 0 aliphatic carbocycles. The minimum Gasteiger partial charge on any atom is -0.490 e. The van der Waals surface area contributed by atoms with Crippen molar-refractivity contribution in [1.29, 1.82) is 0 Å². The van der Waals surface area contributed by atoms with E-state index >= 15 is 0 Å². The molecule has 3 rings (SSSR count). The van der Waals surface area contributed by atoms with Gasteiger partial charge < -0.3 is 10.1 Å². The molecule has 128 valence electrons. The van der Waals surface area contributed by atoms with Crippen LogP contribution in [0, 0.1) is 0 Å². The van der Waals surface area contributed by atoms with E-state index in [2.05, 4.69) is 10.4 Å². The van der Waals surface area contributed by atoms with Crippen LogP contribution in [0.1, 0.15) is 60.8 Å². The van der Waals surface area contributed by atoms with E-state index in [1.807, 2.05) is 45.0 Å². The molecule has 1 amide bonds. The van der Waals surface area contributed by atoms with Crippen molar-refractivity contribution in [2.24, 2.45) is 7.05 Å². The maximum atomic E-state index is 12.9. The molecule has 1 aliphatic rings.